The highest BCUT2D eigenvalue weighted by atomic mass is 32.2. The third-order valence-electron chi connectivity index (χ3n) is 4.59. The number of nitrogens with zero attached hydrogens (tertiary/aromatic N) is 3. The average Bonchev–Trinajstić information content (AvgIpc) is 2.68. The largest absolute Gasteiger partial charge is 0.395 e. The Morgan fingerprint density at radius 1 is 0.867 bits per heavy atom. The summed E-state index contributed by atoms with van der Waals surface area (Å²) in [7, 11) is -7.50. The molecule has 2 rings (SSSR count). The van der Waals surface area contributed by atoms with Crippen molar-refractivity contribution in [1.29, 1.82) is 0 Å². The second-order valence-corrected chi connectivity index (χ2v) is 10.3. The average molecular weight is 479 g/mol. The number of β-amino-alcohol motifs (C(OH)–C–C–N with tert-alkyl or cyclic N) is 1. The van der Waals surface area contributed by atoms with Gasteiger partial charge in [-0.25, -0.2) is 0 Å². The van der Waals surface area contributed by atoms with E-state index in [9.17, 15) is 16.8 Å². The molecular formula is C16H38N4O8S2. The summed E-state index contributed by atoms with van der Waals surface area (Å²) in [6.45, 7) is 11.6. The predicted octanol–water partition coefficient (Wildman–Crippen LogP) is -2.39. The first-order chi connectivity index (χ1) is 13.9. The van der Waals surface area contributed by atoms with Crippen molar-refractivity contribution < 1.29 is 36.2 Å². The lowest BCUT2D eigenvalue weighted by Gasteiger charge is -2.33. The lowest BCUT2D eigenvalue weighted by atomic mass is 10.3. The first kappa shape index (κ1) is 29.6. The smallest absolute Gasteiger partial charge is 0.266 e. The molecule has 12 nitrogen and oxygen atoms in total. The maximum absolute atomic E-state index is 10.5. The van der Waals surface area contributed by atoms with E-state index in [4.69, 9.17) is 19.3 Å². The number of hydrogen-bond acceptors (Lipinski definition) is 10. The van der Waals surface area contributed by atoms with Crippen LogP contribution < -0.4 is 5.32 Å². The van der Waals surface area contributed by atoms with Gasteiger partial charge in [0.15, 0.2) is 0 Å². The molecule has 0 aromatic carbocycles. The second-order valence-electron chi connectivity index (χ2n) is 6.98. The van der Waals surface area contributed by atoms with Gasteiger partial charge in [-0.3, -0.25) is 23.8 Å². The highest BCUT2D eigenvalue weighted by Crippen LogP contribution is 2.01. The van der Waals surface area contributed by atoms with Crippen LogP contribution in [-0.4, -0.2) is 141 Å². The molecule has 1 atom stereocenters. The molecule has 1 unspecified atom stereocenters. The van der Waals surface area contributed by atoms with Crippen LogP contribution in [0.5, 0.6) is 0 Å². The molecular weight excluding hydrogens is 440 g/mol. The van der Waals surface area contributed by atoms with Crippen LogP contribution in [0, 0.1) is 0 Å². The van der Waals surface area contributed by atoms with E-state index in [0.29, 0.717) is 13.1 Å². The number of aliphatic hydroxyl groups is 2. The van der Waals surface area contributed by atoms with Gasteiger partial charge in [0.05, 0.1) is 18.1 Å². The summed E-state index contributed by atoms with van der Waals surface area (Å²) in [5.74, 6) is -0.403. The molecule has 0 aromatic heterocycles. The summed E-state index contributed by atoms with van der Waals surface area (Å²) >= 11 is 0. The van der Waals surface area contributed by atoms with Gasteiger partial charge in [-0.15, -0.1) is 0 Å². The molecule has 0 saturated carbocycles. The molecule has 2 fully saturated rings. The highest BCUT2D eigenvalue weighted by Gasteiger charge is 2.17. The number of rotatable bonds is 7. The molecule has 0 amide bonds. The lowest BCUT2D eigenvalue weighted by molar-refractivity contribution is 0.0112. The SMILES string of the molecule is CC(O)N1CCNCC1.CCS(=O)(=O)O.O=S(=O)(O)CCN1CCN(CCO)CC1. The van der Waals surface area contributed by atoms with Crippen LogP contribution in [0.25, 0.3) is 0 Å². The van der Waals surface area contributed by atoms with Crippen molar-refractivity contribution in [2.75, 3.05) is 83.6 Å². The fraction of sp³-hybridized carbons (Fsp3) is 1.00. The van der Waals surface area contributed by atoms with Crippen molar-refractivity contribution >= 4 is 20.2 Å². The Balaban J connectivity index is 0.000000475. The van der Waals surface area contributed by atoms with Gasteiger partial charge in [-0.2, -0.15) is 16.8 Å². The summed E-state index contributed by atoms with van der Waals surface area (Å²) in [5.41, 5.74) is 0. The predicted molar refractivity (Wildman–Crippen MR) is 115 cm³/mol. The maximum atomic E-state index is 10.5. The van der Waals surface area contributed by atoms with Crippen LogP contribution in [0.2, 0.25) is 0 Å². The van der Waals surface area contributed by atoms with Crippen LogP contribution in [-0.2, 0) is 20.2 Å². The Labute approximate surface area is 180 Å². The molecule has 2 aliphatic heterocycles. The van der Waals surface area contributed by atoms with E-state index < -0.39 is 20.2 Å². The van der Waals surface area contributed by atoms with Crippen molar-refractivity contribution in [2.24, 2.45) is 0 Å². The van der Waals surface area contributed by atoms with E-state index in [2.05, 4.69) is 15.1 Å². The first-order valence-electron chi connectivity index (χ1n) is 9.96. The summed E-state index contributed by atoms with van der Waals surface area (Å²) in [5, 5.41) is 21.0. The molecule has 2 aliphatic rings. The molecule has 2 heterocycles. The van der Waals surface area contributed by atoms with E-state index in [0.717, 1.165) is 52.4 Å². The van der Waals surface area contributed by atoms with Gasteiger partial charge in [0.2, 0.25) is 0 Å². The van der Waals surface area contributed by atoms with Crippen LogP contribution >= 0.6 is 0 Å². The summed E-state index contributed by atoms with van der Waals surface area (Å²) in [4.78, 5) is 6.18. The van der Waals surface area contributed by atoms with Gasteiger partial charge in [0.1, 0.15) is 6.23 Å². The number of nitrogens with one attached hydrogen (secondary N) is 1. The first-order valence-corrected chi connectivity index (χ1v) is 13.2. The van der Waals surface area contributed by atoms with E-state index >= 15 is 0 Å². The Hall–Kier alpha value is -0.420. The fourth-order valence-electron chi connectivity index (χ4n) is 2.68. The zero-order valence-corrected chi connectivity index (χ0v) is 19.5. The minimum absolute atomic E-state index is 0.158. The third-order valence-corrected chi connectivity index (χ3v) is 6.02. The zero-order valence-electron chi connectivity index (χ0n) is 17.8. The molecule has 30 heavy (non-hydrogen) atoms. The van der Waals surface area contributed by atoms with E-state index in [1.807, 2.05) is 11.8 Å². The minimum atomic E-state index is -3.84. The Morgan fingerprint density at radius 2 is 1.30 bits per heavy atom. The van der Waals surface area contributed by atoms with Crippen LogP contribution in [0.1, 0.15) is 13.8 Å². The molecule has 5 N–H and O–H groups in total. The van der Waals surface area contributed by atoms with Crippen molar-refractivity contribution in [2.45, 2.75) is 20.1 Å². The normalized spacial score (nSPS) is 20.5. The number of piperazine rings is 2. The molecule has 2 saturated heterocycles. The van der Waals surface area contributed by atoms with Gasteiger partial charge < -0.3 is 15.5 Å². The van der Waals surface area contributed by atoms with Gasteiger partial charge in [-0.05, 0) is 13.8 Å². The summed E-state index contributed by atoms with van der Waals surface area (Å²) in [6, 6.07) is 0. The summed E-state index contributed by atoms with van der Waals surface area (Å²) < 4.78 is 56.5. The monoisotopic (exact) mass is 478 g/mol. The minimum Gasteiger partial charge on any atom is -0.395 e. The maximum Gasteiger partial charge on any atom is 0.266 e. The molecule has 14 heteroatoms. The van der Waals surface area contributed by atoms with Crippen molar-refractivity contribution in [1.82, 2.24) is 20.0 Å². The van der Waals surface area contributed by atoms with Crippen LogP contribution in [0.4, 0.5) is 0 Å². The van der Waals surface area contributed by atoms with Crippen molar-refractivity contribution in [3.63, 3.8) is 0 Å². The Morgan fingerprint density at radius 3 is 1.60 bits per heavy atom. The van der Waals surface area contributed by atoms with Gasteiger partial charge in [-0.1, -0.05) is 0 Å². The van der Waals surface area contributed by atoms with Gasteiger partial charge in [0, 0.05) is 65.4 Å². The molecule has 0 bridgehead atoms. The fourth-order valence-corrected chi connectivity index (χ4v) is 3.17. The molecule has 0 radical (unpaired) electrons. The van der Waals surface area contributed by atoms with E-state index in [1.54, 1.807) is 0 Å². The molecule has 0 aromatic rings. The topological polar surface area (TPSA) is 171 Å². The summed E-state index contributed by atoms with van der Waals surface area (Å²) in [6.07, 6.45) is -0.271. The van der Waals surface area contributed by atoms with Gasteiger partial charge >= 0.3 is 0 Å². The zero-order chi connectivity index (χ0) is 23.2. The standard InChI is InChI=1S/C8H18N2O4S.C6H14N2O.C2H6O3S/c11-7-5-9-1-3-10(4-2-9)6-8-15(12,13)14;1-6(9)8-4-2-7-3-5-8;1-2-6(3,4)5/h11H,1-8H2,(H,12,13,14);6-7,9H,2-5H2,1H3;2H2,1H3,(H,3,4,5). The Kier molecular flexibility index (Phi) is 15.2. The van der Waals surface area contributed by atoms with Gasteiger partial charge in [0.25, 0.3) is 20.2 Å². The second kappa shape index (κ2) is 15.4. The van der Waals surface area contributed by atoms with Crippen molar-refractivity contribution in [3.8, 4) is 0 Å². The van der Waals surface area contributed by atoms with E-state index in [1.165, 1.54) is 6.92 Å². The van der Waals surface area contributed by atoms with Crippen LogP contribution in [0.15, 0.2) is 0 Å². The van der Waals surface area contributed by atoms with Crippen LogP contribution in [0.3, 0.4) is 0 Å². The molecule has 182 valence electrons. The number of hydrogen-bond donors (Lipinski definition) is 5. The van der Waals surface area contributed by atoms with Crippen molar-refractivity contribution in [3.05, 3.63) is 0 Å². The van der Waals surface area contributed by atoms with E-state index in [-0.39, 0.29) is 24.3 Å². The Bertz CT molecular complexity index is 632. The highest BCUT2D eigenvalue weighted by molar-refractivity contribution is 7.86. The molecule has 0 spiro atoms. The molecule has 0 aliphatic carbocycles. The third kappa shape index (κ3) is 17.3. The number of aliphatic hydroxyl groups excluding tert-OH is 2. The lowest BCUT2D eigenvalue weighted by Crippen LogP contribution is -2.48. The quantitative estimate of drug-likeness (QED) is 0.246.